The first-order chi connectivity index (χ1) is 18.8. The molecule has 0 saturated carbocycles. The molecule has 1 amide bonds. The summed E-state index contributed by atoms with van der Waals surface area (Å²) in [6.07, 6.45) is -0.955. The van der Waals surface area contributed by atoms with Gasteiger partial charge in [-0.2, -0.15) is 0 Å². The van der Waals surface area contributed by atoms with Crippen LogP contribution < -0.4 is 4.74 Å². The quantitative estimate of drug-likeness (QED) is 0.0916. The molecule has 1 heterocycles. The fraction of sp³-hybridized carbons (Fsp3) is 0.393. The first kappa shape index (κ1) is 31.2. The number of β-lactam (4-membered cyclic amide) rings is 1. The number of ketones is 1. The summed E-state index contributed by atoms with van der Waals surface area (Å²) in [6, 6.07) is 10.7. The number of thioether (sulfide) groups is 1. The fourth-order valence-electron chi connectivity index (χ4n) is 3.91. The van der Waals surface area contributed by atoms with Gasteiger partial charge >= 0.3 is 0 Å². The van der Waals surface area contributed by atoms with E-state index in [-0.39, 0.29) is 34.6 Å². The molecular weight excluding hydrogens is 559 g/mol. The first-order valence-electron chi connectivity index (χ1n) is 12.5. The predicted molar refractivity (Wildman–Crippen MR) is 153 cm³/mol. The van der Waals surface area contributed by atoms with E-state index in [4.69, 9.17) is 21.7 Å². The van der Waals surface area contributed by atoms with Crippen molar-refractivity contribution in [3.8, 4) is 5.75 Å². The summed E-state index contributed by atoms with van der Waals surface area (Å²) >= 11 is 7.01. The molecule has 9 nitrogen and oxygen atoms in total. The van der Waals surface area contributed by atoms with Gasteiger partial charge in [0.15, 0.2) is 5.76 Å². The van der Waals surface area contributed by atoms with Crippen molar-refractivity contribution in [1.82, 2.24) is 4.90 Å². The SMILES string of the molecule is CCS[C@@H]1[C@@H]([C@@H](C)O)C(=O)N1C(C(=S)OCc1ccc([N+](=O)[O-])cc1)=C(Oc1ccc(F)cc1)C(=O)C(C)(C)C. The van der Waals surface area contributed by atoms with Crippen LogP contribution in [0.15, 0.2) is 60.0 Å². The van der Waals surface area contributed by atoms with Crippen molar-refractivity contribution in [2.45, 2.75) is 52.7 Å². The number of hydrogen-bond donors (Lipinski definition) is 1. The van der Waals surface area contributed by atoms with Crippen LogP contribution in [-0.4, -0.2) is 48.9 Å². The molecule has 1 aliphatic rings. The number of carbonyl (C=O) groups is 2. The number of likely N-dealkylation sites (tertiary alicyclic amines) is 1. The zero-order valence-electron chi connectivity index (χ0n) is 22.8. The van der Waals surface area contributed by atoms with Gasteiger partial charge in [-0.05, 0) is 66.9 Å². The Kier molecular flexibility index (Phi) is 10.0. The Balaban J connectivity index is 2.11. The monoisotopic (exact) mass is 590 g/mol. The van der Waals surface area contributed by atoms with Crippen LogP contribution in [0, 0.1) is 27.3 Å². The highest BCUT2D eigenvalue weighted by Crippen LogP contribution is 2.42. The van der Waals surface area contributed by atoms with Crippen molar-refractivity contribution >= 4 is 46.4 Å². The molecule has 1 aliphatic heterocycles. The Morgan fingerprint density at radius 1 is 1.20 bits per heavy atom. The largest absolute Gasteiger partial charge is 0.477 e. The second-order valence-corrected chi connectivity index (χ2v) is 11.9. The van der Waals surface area contributed by atoms with Crippen LogP contribution in [0.3, 0.4) is 0 Å². The van der Waals surface area contributed by atoms with Gasteiger partial charge in [-0.15, -0.1) is 11.8 Å². The number of hydrogen-bond acceptors (Lipinski definition) is 9. The highest BCUT2D eigenvalue weighted by atomic mass is 32.2. The molecule has 214 valence electrons. The third-order valence-electron chi connectivity index (χ3n) is 6.03. The second-order valence-electron chi connectivity index (χ2n) is 10.1. The van der Waals surface area contributed by atoms with Crippen molar-refractivity contribution in [3.05, 3.63) is 81.5 Å². The van der Waals surface area contributed by atoms with Gasteiger partial charge in [0.25, 0.3) is 5.69 Å². The average Bonchev–Trinajstić information content (AvgIpc) is 2.89. The molecule has 1 fully saturated rings. The van der Waals surface area contributed by atoms with Gasteiger partial charge in [-0.25, -0.2) is 4.39 Å². The van der Waals surface area contributed by atoms with Crippen LogP contribution >= 0.6 is 24.0 Å². The average molecular weight is 591 g/mol. The Bertz CT molecular complexity index is 1310. The number of Topliss-reactive ketones (excluding diaryl/α,β-unsaturated/α-hetero) is 1. The van der Waals surface area contributed by atoms with Gasteiger partial charge in [-0.3, -0.25) is 24.6 Å². The van der Waals surface area contributed by atoms with E-state index in [1.54, 1.807) is 20.8 Å². The number of carbonyl (C=O) groups excluding carboxylic acids is 2. The van der Waals surface area contributed by atoms with Crippen molar-refractivity contribution in [2.75, 3.05) is 5.75 Å². The number of thiocarbonyl (C=S) groups is 1. The van der Waals surface area contributed by atoms with E-state index in [0.29, 0.717) is 11.3 Å². The molecule has 0 spiro atoms. The van der Waals surface area contributed by atoms with Crippen molar-refractivity contribution in [2.24, 2.45) is 11.3 Å². The van der Waals surface area contributed by atoms with Crippen LogP contribution in [-0.2, 0) is 20.9 Å². The summed E-state index contributed by atoms with van der Waals surface area (Å²) in [4.78, 5) is 38.9. The lowest BCUT2D eigenvalue weighted by molar-refractivity contribution is -0.384. The van der Waals surface area contributed by atoms with Gasteiger partial charge in [0.1, 0.15) is 23.9 Å². The van der Waals surface area contributed by atoms with Crippen molar-refractivity contribution < 1.29 is 33.5 Å². The maximum absolute atomic E-state index is 13.8. The molecule has 2 aromatic rings. The van der Waals surface area contributed by atoms with Gasteiger partial charge in [-0.1, -0.05) is 27.7 Å². The molecule has 1 saturated heterocycles. The molecule has 1 N–H and O–H groups in total. The van der Waals surface area contributed by atoms with E-state index < -0.39 is 45.2 Å². The molecular formula is C28H31FN2O7S2. The number of nitro groups is 1. The topological polar surface area (TPSA) is 119 Å². The minimum absolute atomic E-state index is 0.0750. The molecule has 3 rings (SSSR count). The highest BCUT2D eigenvalue weighted by molar-refractivity contribution is 8.00. The number of nitro benzene ring substituents is 1. The van der Waals surface area contributed by atoms with E-state index >= 15 is 0 Å². The van der Waals surface area contributed by atoms with E-state index in [1.165, 1.54) is 72.1 Å². The minimum atomic E-state index is -0.973. The Labute approximate surface area is 241 Å². The van der Waals surface area contributed by atoms with E-state index in [9.17, 15) is 29.2 Å². The summed E-state index contributed by atoms with van der Waals surface area (Å²) in [5, 5.41) is 20.5. The number of ether oxygens (including phenoxy) is 2. The number of aliphatic hydroxyl groups is 1. The molecule has 12 heteroatoms. The molecule has 0 unspecified atom stereocenters. The first-order valence-corrected chi connectivity index (χ1v) is 14.0. The Morgan fingerprint density at radius 3 is 2.30 bits per heavy atom. The summed E-state index contributed by atoms with van der Waals surface area (Å²) in [6.45, 7) is 8.34. The summed E-state index contributed by atoms with van der Waals surface area (Å²) in [5.74, 6) is -1.70. The number of amides is 1. The maximum Gasteiger partial charge on any atom is 0.269 e. The van der Waals surface area contributed by atoms with Crippen molar-refractivity contribution in [1.29, 1.82) is 0 Å². The lowest BCUT2D eigenvalue weighted by Gasteiger charge is -2.48. The summed E-state index contributed by atoms with van der Waals surface area (Å²) in [7, 11) is 0. The minimum Gasteiger partial charge on any atom is -0.477 e. The zero-order chi connectivity index (χ0) is 29.8. The number of nitrogens with zero attached hydrogens (tertiary/aromatic N) is 2. The van der Waals surface area contributed by atoms with Crippen LogP contribution in [0.25, 0.3) is 0 Å². The van der Waals surface area contributed by atoms with Gasteiger partial charge in [0.05, 0.1) is 22.3 Å². The van der Waals surface area contributed by atoms with Crippen LogP contribution in [0.5, 0.6) is 5.75 Å². The summed E-state index contributed by atoms with van der Waals surface area (Å²) in [5.41, 5.74) is -0.576. The Hall–Kier alpha value is -3.35. The van der Waals surface area contributed by atoms with Crippen LogP contribution in [0.4, 0.5) is 10.1 Å². The molecule has 0 bridgehead atoms. The molecule has 0 aromatic heterocycles. The van der Waals surface area contributed by atoms with E-state index in [1.807, 2.05) is 6.92 Å². The molecule has 40 heavy (non-hydrogen) atoms. The standard InChI is InChI=1S/C28H31FN2O7S2/c1-6-40-26-21(16(2)32)25(34)30(26)22(27(39)37-15-17-7-11-19(12-8-17)31(35)36)23(24(33)28(3,4)5)38-20-13-9-18(29)10-14-20/h7-14,16,21,26,32H,6,15H2,1-5H3/t16-,21+,26-/m1/s1. The number of allylic oxidation sites excluding steroid dienone is 1. The van der Waals surface area contributed by atoms with E-state index in [0.717, 1.165) is 0 Å². The third kappa shape index (κ3) is 7.04. The fourth-order valence-corrected chi connectivity index (χ4v) is 5.41. The van der Waals surface area contributed by atoms with E-state index in [2.05, 4.69) is 0 Å². The van der Waals surface area contributed by atoms with Crippen LogP contribution in [0.1, 0.15) is 40.2 Å². The number of benzene rings is 2. The molecule has 2 aromatic carbocycles. The van der Waals surface area contributed by atoms with Crippen molar-refractivity contribution in [3.63, 3.8) is 0 Å². The highest BCUT2D eigenvalue weighted by Gasteiger charge is 2.54. The van der Waals surface area contributed by atoms with Gasteiger partial charge in [0, 0.05) is 17.5 Å². The number of rotatable bonds is 11. The lowest BCUT2D eigenvalue weighted by atomic mass is 9.87. The number of non-ortho nitro benzene ring substituents is 1. The molecule has 0 aliphatic carbocycles. The van der Waals surface area contributed by atoms with Gasteiger partial charge in [0.2, 0.25) is 16.7 Å². The summed E-state index contributed by atoms with van der Waals surface area (Å²) < 4.78 is 25.5. The third-order valence-corrected chi connectivity index (χ3v) is 7.52. The Morgan fingerprint density at radius 2 is 1.80 bits per heavy atom. The smallest absolute Gasteiger partial charge is 0.269 e. The lowest BCUT2D eigenvalue weighted by Crippen LogP contribution is -2.63. The number of aliphatic hydroxyl groups excluding tert-OH is 1. The van der Waals surface area contributed by atoms with Crippen LogP contribution in [0.2, 0.25) is 0 Å². The molecule has 3 atom stereocenters. The maximum atomic E-state index is 13.8. The predicted octanol–water partition coefficient (Wildman–Crippen LogP) is 5.40. The zero-order valence-corrected chi connectivity index (χ0v) is 24.4. The second kappa shape index (κ2) is 12.9. The number of halogens is 1. The molecule has 0 radical (unpaired) electrons. The normalized spacial score (nSPS) is 18.4. The van der Waals surface area contributed by atoms with Gasteiger partial charge < -0.3 is 14.6 Å².